The van der Waals surface area contributed by atoms with Gasteiger partial charge in [-0.1, -0.05) is 0 Å². The summed E-state index contributed by atoms with van der Waals surface area (Å²) in [5.74, 6) is -1.58. The molecule has 2 heterocycles. The van der Waals surface area contributed by atoms with E-state index in [1.165, 1.54) is 10.6 Å². The largest absolute Gasteiger partial charge is 0.369 e. The Bertz CT molecular complexity index is 719. The Morgan fingerprint density at radius 3 is 2.84 bits per heavy atom. The number of anilines is 1. The average molecular weight is 279 g/mol. The van der Waals surface area contributed by atoms with Gasteiger partial charge in [-0.2, -0.15) is 11.3 Å². The molecule has 0 unspecified atom stereocenters. The standard InChI is InChI=1S/C13H11F2N3S/c14-9-1-2-10-12(11(9)15)18(13(16)17-10)5-3-8-4-6-19-7-8/h1-2,4,6-7H,3,5H2,(H2,16,17). The van der Waals surface area contributed by atoms with Crippen LogP contribution in [0.5, 0.6) is 0 Å². The molecule has 0 saturated heterocycles. The SMILES string of the molecule is Nc1nc2ccc(F)c(F)c2n1CCc1ccsc1. The third-order valence-corrected chi connectivity index (χ3v) is 3.77. The van der Waals surface area contributed by atoms with Crippen LogP contribution in [0.3, 0.4) is 0 Å². The molecule has 98 valence electrons. The molecule has 0 radical (unpaired) electrons. The molecule has 3 nitrogen and oxygen atoms in total. The lowest BCUT2D eigenvalue weighted by molar-refractivity contribution is 0.511. The predicted molar refractivity (Wildman–Crippen MR) is 72.1 cm³/mol. The van der Waals surface area contributed by atoms with Gasteiger partial charge < -0.3 is 10.3 Å². The number of aromatic nitrogens is 2. The number of aryl methyl sites for hydroxylation is 2. The lowest BCUT2D eigenvalue weighted by Gasteiger charge is -2.06. The lowest BCUT2D eigenvalue weighted by Crippen LogP contribution is -2.06. The van der Waals surface area contributed by atoms with E-state index < -0.39 is 11.6 Å². The zero-order valence-electron chi connectivity index (χ0n) is 9.94. The molecular formula is C13H11F2N3S. The molecule has 0 aliphatic rings. The minimum atomic E-state index is -0.896. The van der Waals surface area contributed by atoms with Crippen LogP contribution in [0.4, 0.5) is 14.7 Å². The second kappa shape index (κ2) is 4.62. The fourth-order valence-corrected chi connectivity index (χ4v) is 2.78. The fraction of sp³-hybridized carbons (Fsp3) is 0.154. The van der Waals surface area contributed by atoms with Crippen molar-refractivity contribution in [3.8, 4) is 0 Å². The molecule has 0 amide bonds. The summed E-state index contributed by atoms with van der Waals surface area (Å²) in [7, 11) is 0. The van der Waals surface area contributed by atoms with Crippen molar-refractivity contribution in [1.29, 1.82) is 0 Å². The van der Waals surface area contributed by atoms with Gasteiger partial charge >= 0.3 is 0 Å². The first kappa shape index (κ1) is 12.1. The Kier molecular flexibility index (Phi) is 2.94. The van der Waals surface area contributed by atoms with Gasteiger partial charge in [0.25, 0.3) is 0 Å². The third kappa shape index (κ3) is 2.08. The van der Waals surface area contributed by atoms with Crippen molar-refractivity contribution in [3.05, 3.63) is 46.2 Å². The van der Waals surface area contributed by atoms with E-state index in [2.05, 4.69) is 4.98 Å². The summed E-state index contributed by atoms with van der Waals surface area (Å²) in [5.41, 5.74) is 7.43. The van der Waals surface area contributed by atoms with Crippen LogP contribution < -0.4 is 5.73 Å². The van der Waals surface area contributed by atoms with Crippen LogP contribution in [0.1, 0.15) is 5.56 Å². The molecule has 0 spiro atoms. The van der Waals surface area contributed by atoms with E-state index in [1.54, 1.807) is 11.3 Å². The third-order valence-electron chi connectivity index (χ3n) is 3.03. The van der Waals surface area contributed by atoms with E-state index in [0.29, 0.717) is 18.5 Å². The highest BCUT2D eigenvalue weighted by Gasteiger charge is 2.15. The van der Waals surface area contributed by atoms with Gasteiger partial charge in [0, 0.05) is 6.54 Å². The summed E-state index contributed by atoms with van der Waals surface area (Å²) in [6.45, 7) is 0.472. The van der Waals surface area contributed by atoms with E-state index in [0.717, 1.165) is 11.6 Å². The number of nitrogen functional groups attached to an aromatic ring is 1. The Hall–Kier alpha value is -1.95. The number of nitrogens with two attached hydrogens (primary N) is 1. The first-order chi connectivity index (χ1) is 9.16. The van der Waals surface area contributed by atoms with Crippen molar-refractivity contribution < 1.29 is 8.78 Å². The fourth-order valence-electron chi connectivity index (χ4n) is 2.08. The van der Waals surface area contributed by atoms with E-state index in [9.17, 15) is 8.78 Å². The quantitative estimate of drug-likeness (QED) is 0.800. The maximum absolute atomic E-state index is 13.8. The van der Waals surface area contributed by atoms with Crippen LogP contribution >= 0.6 is 11.3 Å². The maximum atomic E-state index is 13.8. The number of hydrogen-bond donors (Lipinski definition) is 1. The molecular weight excluding hydrogens is 268 g/mol. The second-order valence-corrected chi connectivity index (χ2v) is 5.01. The minimum absolute atomic E-state index is 0.132. The number of nitrogens with zero attached hydrogens (tertiary/aromatic N) is 2. The first-order valence-electron chi connectivity index (χ1n) is 5.77. The van der Waals surface area contributed by atoms with Crippen molar-refractivity contribution in [2.45, 2.75) is 13.0 Å². The first-order valence-corrected chi connectivity index (χ1v) is 6.72. The van der Waals surface area contributed by atoms with Gasteiger partial charge in [-0.05, 0) is 40.9 Å². The van der Waals surface area contributed by atoms with Crippen LogP contribution in [0.15, 0.2) is 29.0 Å². The zero-order chi connectivity index (χ0) is 13.4. The van der Waals surface area contributed by atoms with Crippen molar-refractivity contribution in [1.82, 2.24) is 9.55 Å². The van der Waals surface area contributed by atoms with Gasteiger partial charge in [0.2, 0.25) is 5.95 Å². The number of hydrogen-bond acceptors (Lipinski definition) is 3. The topological polar surface area (TPSA) is 43.8 Å². The smallest absolute Gasteiger partial charge is 0.201 e. The van der Waals surface area contributed by atoms with Gasteiger partial charge in [0.1, 0.15) is 5.52 Å². The Balaban J connectivity index is 2.02. The van der Waals surface area contributed by atoms with Crippen LogP contribution in [0.2, 0.25) is 0 Å². The molecule has 0 atom stereocenters. The number of imidazole rings is 1. The van der Waals surface area contributed by atoms with Crippen molar-refractivity contribution in [2.75, 3.05) is 5.73 Å². The highest BCUT2D eigenvalue weighted by atomic mass is 32.1. The number of rotatable bonds is 3. The van der Waals surface area contributed by atoms with Crippen molar-refractivity contribution in [2.24, 2.45) is 0 Å². The van der Waals surface area contributed by atoms with Crippen molar-refractivity contribution >= 4 is 28.3 Å². The van der Waals surface area contributed by atoms with E-state index in [4.69, 9.17) is 5.73 Å². The molecule has 0 fully saturated rings. The summed E-state index contributed by atoms with van der Waals surface area (Å²) in [6.07, 6.45) is 0.703. The zero-order valence-corrected chi connectivity index (χ0v) is 10.8. The van der Waals surface area contributed by atoms with Crippen LogP contribution in [0, 0.1) is 11.6 Å². The molecule has 3 rings (SSSR count). The Labute approximate surface area is 112 Å². The van der Waals surface area contributed by atoms with Gasteiger partial charge in [0.15, 0.2) is 11.6 Å². The molecule has 6 heteroatoms. The van der Waals surface area contributed by atoms with E-state index in [-0.39, 0.29) is 11.5 Å². The molecule has 0 aliphatic carbocycles. The van der Waals surface area contributed by atoms with Crippen LogP contribution in [-0.2, 0) is 13.0 Å². The summed E-state index contributed by atoms with van der Waals surface area (Å²) in [6, 6.07) is 4.50. The van der Waals surface area contributed by atoms with E-state index >= 15 is 0 Å². The molecule has 0 saturated carbocycles. The molecule has 0 bridgehead atoms. The summed E-state index contributed by atoms with van der Waals surface area (Å²) in [4.78, 5) is 4.05. The highest BCUT2D eigenvalue weighted by molar-refractivity contribution is 7.07. The number of benzene rings is 1. The second-order valence-electron chi connectivity index (χ2n) is 4.23. The van der Waals surface area contributed by atoms with Crippen molar-refractivity contribution in [3.63, 3.8) is 0 Å². The normalized spacial score (nSPS) is 11.3. The van der Waals surface area contributed by atoms with E-state index in [1.807, 2.05) is 16.8 Å². The number of thiophene rings is 1. The number of fused-ring (bicyclic) bond motifs is 1. The van der Waals surface area contributed by atoms with Gasteiger partial charge in [-0.25, -0.2) is 13.8 Å². The maximum Gasteiger partial charge on any atom is 0.201 e. The average Bonchev–Trinajstić information content (AvgIpc) is 2.99. The molecule has 0 aliphatic heterocycles. The highest BCUT2D eigenvalue weighted by Crippen LogP contribution is 2.23. The molecule has 2 aromatic heterocycles. The van der Waals surface area contributed by atoms with Gasteiger partial charge in [0.05, 0.1) is 5.52 Å². The van der Waals surface area contributed by atoms with Crippen LogP contribution in [0.25, 0.3) is 11.0 Å². The molecule has 19 heavy (non-hydrogen) atoms. The Morgan fingerprint density at radius 2 is 2.11 bits per heavy atom. The lowest BCUT2D eigenvalue weighted by atomic mass is 10.2. The van der Waals surface area contributed by atoms with Crippen LogP contribution in [-0.4, -0.2) is 9.55 Å². The summed E-state index contributed by atoms with van der Waals surface area (Å²) < 4.78 is 28.7. The summed E-state index contributed by atoms with van der Waals surface area (Å²) >= 11 is 1.60. The predicted octanol–water partition coefficient (Wildman–Crippen LogP) is 3.20. The summed E-state index contributed by atoms with van der Waals surface area (Å²) in [5, 5.41) is 4.00. The van der Waals surface area contributed by atoms with Gasteiger partial charge in [-0.3, -0.25) is 0 Å². The molecule has 2 N–H and O–H groups in total. The number of halogens is 2. The van der Waals surface area contributed by atoms with Gasteiger partial charge in [-0.15, -0.1) is 0 Å². The monoisotopic (exact) mass is 279 g/mol. The molecule has 3 aromatic rings. The Morgan fingerprint density at radius 1 is 1.26 bits per heavy atom. The minimum Gasteiger partial charge on any atom is -0.369 e. The molecule has 1 aromatic carbocycles.